The van der Waals surface area contributed by atoms with E-state index in [1.165, 1.54) is 56.2 Å². The molecule has 2 saturated heterocycles. The number of hydrogen-bond donors (Lipinski definition) is 2. The van der Waals surface area contributed by atoms with Crippen molar-refractivity contribution in [1.82, 2.24) is 4.90 Å². The van der Waals surface area contributed by atoms with Gasteiger partial charge in [-0.2, -0.15) is 0 Å². The van der Waals surface area contributed by atoms with Gasteiger partial charge in [-0.1, -0.05) is 12.1 Å². The van der Waals surface area contributed by atoms with Crippen LogP contribution in [0.2, 0.25) is 0 Å². The quantitative estimate of drug-likeness (QED) is 0.549. The maximum atomic E-state index is 13.1. The van der Waals surface area contributed by atoms with E-state index in [0.29, 0.717) is 17.2 Å². The number of sulfonamides is 1. The van der Waals surface area contributed by atoms with E-state index in [1.54, 1.807) is 6.07 Å². The van der Waals surface area contributed by atoms with Crippen molar-refractivity contribution in [3.05, 3.63) is 53.6 Å². The van der Waals surface area contributed by atoms with Crippen LogP contribution in [0.15, 0.2) is 47.4 Å². The van der Waals surface area contributed by atoms with Gasteiger partial charge in [-0.3, -0.25) is 9.52 Å². The molecule has 2 aliphatic rings. The van der Waals surface area contributed by atoms with Gasteiger partial charge in [-0.25, -0.2) is 13.2 Å². The van der Waals surface area contributed by atoms with E-state index < -0.39 is 16.0 Å². The van der Waals surface area contributed by atoms with Gasteiger partial charge >= 0.3 is 5.97 Å². The van der Waals surface area contributed by atoms with Crippen LogP contribution in [0.4, 0.5) is 11.4 Å². The maximum Gasteiger partial charge on any atom is 0.335 e. The molecule has 4 rings (SSSR count). The minimum Gasteiger partial charge on any atom is -0.478 e. The van der Waals surface area contributed by atoms with E-state index in [2.05, 4.69) is 14.5 Å². The number of carboxylic acid groups (broad SMARTS) is 1. The average Bonchev–Trinajstić information content (AvgIpc) is 3.32. The first-order chi connectivity index (χ1) is 16.2. The number of Topliss-reactive ketones (excluding diaryl/α,β-unsaturated/α-hetero) is 1. The fraction of sp³-hybridized carbons (Fsp3) is 0.440. The average molecular weight is 486 g/mol. The summed E-state index contributed by atoms with van der Waals surface area (Å²) in [5.41, 5.74) is 1.36. The van der Waals surface area contributed by atoms with Gasteiger partial charge in [0.05, 0.1) is 21.8 Å². The Labute approximate surface area is 200 Å². The largest absolute Gasteiger partial charge is 0.478 e. The number of nitrogens with one attached hydrogen (secondary N) is 1. The molecule has 8 nitrogen and oxygen atoms in total. The highest BCUT2D eigenvalue weighted by molar-refractivity contribution is 7.92. The number of aromatic carboxylic acids is 1. The predicted molar refractivity (Wildman–Crippen MR) is 131 cm³/mol. The Morgan fingerprint density at radius 1 is 1.00 bits per heavy atom. The summed E-state index contributed by atoms with van der Waals surface area (Å²) >= 11 is 0. The predicted octanol–water partition coefficient (Wildman–Crippen LogP) is 3.70. The molecule has 0 radical (unpaired) electrons. The van der Waals surface area contributed by atoms with Crippen LogP contribution in [-0.2, 0) is 10.0 Å². The van der Waals surface area contributed by atoms with Crippen molar-refractivity contribution in [2.45, 2.75) is 37.5 Å². The van der Waals surface area contributed by atoms with Crippen LogP contribution >= 0.6 is 0 Å². The van der Waals surface area contributed by atoms with Crippen LogP contribution in [0.1, 0.15) is 53.3 Å². The molecule has 182 valence electrons. The monoisotopic (exact) mass is 485 g/mol. The number of likely N-dealkylation sites (tertiary alicyclic amines) is 1. The molecule has 2 aliphatic heterocycles. The Bertz CT molecular complexity index is 1160. The molecule has 0 aromatic heterocycles. The summed E-state index contributed by atoms with van der Waals surface area (Å²) < 4.78 is 28.9. The van der Waals surface area contributed by atoms with E-state index in [0.717, 1.165) is 45.6 Å². The van der Waals surface area contributed by atoms with Gasteiger partial charge < -0.3 is 14.9 Å². The lowest BCUT2D eigenvalue weighted by molar-refractivity contribution is 0.0696. The molecule has 0 aliphatic carbocycles. The number of ketones is 1. The Morgan fingerprint density at radius 2 is 1.68 bits per heavy atom. The number of nitrogens with zero attached hydrogens (tertiary/aromatic N) is 2. The number of hydrogen-bond acceptors (Lipinski definition) is 6. The van der Waals surface area contributed by atoms with Gasteiger partial charge in [-0.05, 0) is 81.9 Å². The summed E-state index contributed by atoms with van der Waals surface area (Å²) in [7, 11) is -3.98. The van der Waals surface area contributed by atoms with E-state index >= 15 is 0 Å². The van der Waals surface area contributed by atoms with Crippen LogP contribution in [0.25, 0.3) is 0 Å². The van der Waals surface area contributed by atoms with E-state index in [4.69, 9.17) is 0 Å². The fourth-order valence-corrected chi connectivity index (χ4v) is 5.93. The molecule has 2 fully saturated rings. The van der Waals surface area contributed by atoms with Crippen molar-refractivity contribution in [1.29, 1.82) is 0 Å². The third kappa shape index (κ3) is 5.59. The molecule has 1 atom stereocenters. The SMILES string of the molecule is CC(=O)c1ccc(S(=O)(=O)Nc2cc(C(=O)O)ccc2N2CCC[C@H](CN3CCCC3)C2)cc1. The van der Waals surface area contributed by atoms with Crippen molar-refractivity contribution in [3.63, 3.8) is 0 Å². The van der Waals surface area contributed by atoms with E-state index in [-0.39, 0.29) is 21.9 Å². The summed E-state index contributed by atoms with van der Waals surface area (Å²) in [6, 6.07) is 10.3. The van der Waals surface area contributed by atoms with Gasteiger partial charge in [0, 0.05) is 25.2 Å². The summed E-state index contributed by atoms with van der Waals surface area (Å²) in [4.78, 5) is 27.8. The molecular weight excluding hydrogens is 454 g/mol. The highest BCUT2D eigenvalue weighted by Gasteiger charge is 2.26. The minimum atomic E-state index is -3.98. The topological polar surface area (TPSA) is 107 Å². The first-order valence-electron chi connectivity index (χ1n) is 11.7. The Kier molecular flexibility index (Phi) is 7.23. The van der Waals surface area contributed by atoms with Crippen molar-refractivity contribution in [2.24, 2.45) is 5.92 Å². The molecule has 2 N–H and O–H groups in total. The smallest absolute Gasteiger partial charge is 0.335 e. The standard InChI is InChI=1S/C25H31N3O5S/c1-18(29)20-6-9-22(10-7-20)34(32,33)26-23-15-21(25(30)31)8-11-24(23)28-14-4-5-19(17-28)16-27-12-2-3-13-27/h6-11,15,19,26H,2-5,12-14,16-17H2,1H3,(H,30,31)/t19-/m1/s1. The number of anilines is 2. The number of benzene rings is 2. The second-order valence-corrected chi connectivity index (χ2v) is 10.9. The zero-order chi connectivity index (χ0) is 24.3. The van der Waals surface area contributed by atoms with Gasteiger partial charge in [0.15, 0.2) is 5.78 Å². The van der Waals surface area contributed by atoms with Crippen molar-refractivity contribution in [3.8, 4) is 0 Å². The van der Waals surface area contributed by atoms with Gasteiger partial charge in [0.25, 0.3) is 10.0 Å². The number of carboxylic acids is 1. The molecule has 2 heterocycles. The lowest BCUT2D eigenvalue weighted by atomic mass is 9.96. The molecule has 0 bridgehead atoms. The third-order valence-corrected chi connectivity index (χ3v) is 8.02. The Morgan fingerprint density at radius 3 is 2.32 bits per heavy atom. The number of carbonyl (C=O) groups excluding carboxylic acids is 1. The first-order valence-corrected chi connectivity index (χ1v) is 13.2. The second kappa shape index (κ2) is 10.1. The normalized spacial score (nSPS) is 19.2. The molecule has 2 aromatic rings. The molecular formula is C25H31N3O5S. The van der Waals surface area contributed by atoms with Crippen molar-refractivity contribution < 1.29 is 23.1 Å². The maximum absolute atomic E-state index is 13.1. The number of carbonyl (C=O) groups is 2. The van der Waals surface area contributed by atoms with Gasteiger partial charge in [0.2, 0.25) is 0 Å². The molecule has 0 saturated carbocycles. The number of rotatable bonds is 8. The fourth-order valence-electron chi connectivity index (χ4n) is 4.86. The summed E-state index contributed by atoms with van der Waals surface area (Å²) in [5, 5.41) is 9.48. The van der Waals surface area contributed by atoms with Crippen LogP contribution in [0.3, 0.4) is 0 Å². The zero-order valence-corrected chi connectivity index (χ0v) is 20.2. The number of piperidine rings is 1. The molecule has 2 aromatic carbocycles. The Balaban J connectivity index is 1.60. The highest BCUT2D eigenvalue weighted by Crippen LogP contribution is 2.33. The van der Waals surface area contributed by atoms with Crippen LogP contribution in [0.5, 0.6) is 0 Å². The lowest BCUT2D eigenvalue weighted by Gasteiger charge is -2.37. The van der Waals surface area contributed by atoms with E-state index in [1.807, 2.05) is 0 Å². The molecule has 9 heteroatoms. The molecule has 0 spiro atoms. The van der Waals surface area contributed by atoms with Gasteiger partial charge in [-0.15, -0.1) is 0 Å². The molecule has 0 unspecified atom stereocenters. The summed E-state index contributed by atoms with van der Waals surface area (Å²) in [5.74, 6) is -0.792. The first kappa shape index (κ1) is 24.2. The minimum absolute atomic E-state index is 0.00901. The zero-order valence-electron chi connectivity index (χ0n) is 19.4. The Hall–Kier alpha value is -2.91. The van der Waals surface area contributed by atoms with Crippen LogP contribution < -0.4 is 9.62 Å². The molecule has 34 heavy (non-hydrogen) atoms. The summed E-state index contributed by atoms with van der Waals surface area (Å²) in [6.45, 7) is 6.30. The highest BCUT2D eigenvalue weighted by atomic mass is 32.2. The second-order valence-electron chi connectivity index (χ2n) is 9.19. The van der Waals surface area contributed by atoms with E-state index in [9.17, 15) is 23.1 Å². The van der Waals surface area contributed by atoms with Crippen LogP contribution in [-0.4, -0.2) is 62.9 Å². The third-order valence-electron chi connectivity index (χ3n) is 6.63. The van der Waals surface area contributed by atoms with Crippen LogP contribution in [0, 0.1) is 5.92 Å². The van der Waals surface area contributed by atoms with Gasteiger partial charge in [0.1, 0.15) is 0 Å². The molecule has 0 amide bonds. The summed E-state index contributed by atoms with van der Waals surface area (Å²) in [6.07, 6.45) is 4.61. The van der Waals surface area contributed by atoms with Crippen molar-refractivity contribution >= 4 is 33.2 Å². The van der Waals surface area contributed by atoms with Crippen molar-refractivity contribution in [2.75, 3.05) is 42.3 Å². The lowest BCUT2D eigenvalue weighted by Crippen LogP contribution is -2.40.